The average Bonchev–Trinajstić information content (AvgIpc) is 2.87. The molecule has 0 N–H and O–H groups in total. The van der Waals surface area contributed by atoms with E-state index in [4.69, 9.17) is 4.74 Å². The number of hydrogen-bond donors (Lipinski definition) is 0. The Morgan fingerprint density at radius 1 is 1.39 bits per heavy atom. The van der Waals surface area contributed by atoms with Gasteiger partial charge >= 0.3 is 0 Å². The highest BCUT2D eigenvalue weighted by Gasteiger charge is 2.20. The maximum atomic E-state index is 12.1. The van der Waals surface area contributed by atoms with Gasteiger partial charge in [0, 0.05) is 32.3 Å². The third kappa shape index (κ3) is 4.16. The van der Waals surface area contributed by atoms with E-state index in [1.54, 1.807) is 6.07 Å². The lowest BCUT2D eigenvalue weighted by atomic mass is 10.1. The lowest BCUT2D eigenvalue weighted by molar-refractivity contribution is -0.00603. The summed E-state index contributed by atoms with van der Waals surface area (Å²) in [5.41, 5.74) is 0.740. The Kier molecular flexibility index (Phi) is 5.08. The summed E-state index contributed by atoms with van der Waals surface area (Å²) in [5.74, 6) is 0.583. The summed E-state index contributed by atoms with van der Waals surface area (Å²) in [5, 5.41) is 5.03. The fourth-order valence-electron chi connectivity index (χ4n) is 2.82. The molecule has 1 aliphatic rings. The summed E-state index contributed by atoms with van der Waals surface area (Å²) >= 11 is 1.45. The van der Waals surface area contributed by atoms with Gasteiger partial charge in [0.05, 0.1) is 11.8 Å². The van der Waals surface area contributed by atoms with Crippen LogP contribution in [0.2, 0.25) is 0 Å². The average molecular weight is 336 g/mol. The second kappa shape index (κ2) is 7.07. The monoisotopic (exact) mass is 336 g/mol. The Balaban J connectivity index is 1.59. The van der Waals surface area contributed by atoms with Gasteiger partial charge in [0.15, 0.2) is 0 Å². The molecule has 1 saturated heterocycles. The quantitative estimate of drug-likeness (QED) is 0.837. The van der Waals surface area contributed by atoms with E-state index < -0.39 is 0 Å². The van der Waals surface area contributed by atoms with E-state index in [1.807, 2.05) is 6.92 Å². The molecule has 0 aliphatic carbocycles. The summed E-state index contributed by atoms with van der Waals surface area (Å²) in [4.78, 5) is 19.7. The number of aromatic nitrogens is 3. The first kappa shape index (κ1) is 16.5. The zero-order valence-electron chi connectivity index (χ0n) is 14.0. The number of piperidine rings is 1. The van der Waals surface area contributed by atoms with Crippen LogP contribution >= 0.6 is 11.3 Å². The van der Waals surface area contributed by atoms with Crippen molar-refractivity contribution >= 4 is 16.3 Å². The van der Waals surface area contributed by atoms with Gasteiger partial charge < -0.3 is 4.74 Å². The zero-order valence-corrected chi connectivity index (χ0v) is 14.8. The fourth-order valence-corrected chi connectivity index (χ4v) is 3.59. The molecular weight excluding hydrogens is 312 g/mol. The van der Waals surface area contributed by atoms with E-state index in [2.05, 4.69) is 28.8 Å². The Hall–Kier alpha value is -1.31. The molecule has 0 unspecified atom stereocenters. The zero-order chi connectivity index (χ0) is 16.4. The molecule has 0 atom stereocenters. The summed E-state index contributed by atoms with van der Waals surface area (Å²) < 4.78 is 7.30. The summed E-state index contributed by atoms with van der Waals surface area (Å²) in [6, 6.07) is 1.60. The van der Waals surface area contributed by atoms with E-state index in [0.29, 0.717) is 17.0 Å². The van der Waals surface area contributed by atoms with E-state index in [0.717, 1.165) is 49.8 Å². The van der Waals surface area contributed by atoms with E-state index in [1.165, 1.54) is 15.9 Å². The molecule has 1 aliphatic heterocycles. The number of fused-ring (bicyclic) bond motifs is 1. The molecule has 6 nitrogen and oxygen atoms in total. The van der Waals surface area contributed by atoms with Crippen LogP contribution < -0.4 is 5.56 Å². The highest BCUT2D eigenvalue weighted by Crippen LogP contribution is 2.17. The van der Waals surface area contributed by atoms with E-state index in [-0.39, 0.29) is 5.56 Å². The van der Waals surface area contributed by atoms with Gasteiger partial charge in [-0.25, -0.2) is 4.98 Å². The number of ether oxygens (including phenoxy) is 1. The third-order valence-corrected chi connectivity index (χ3v) is 4.81. The van der Waals surface area contributed by atoms with Crippen molar-refractivity contribution < 1.29 is 4.74 Å². The molecule has 3 rings (SSSR count). The third-order valence-electron chi connectivity index (χ3n) is 3.98. The van der Waals surface area contributed by atoms with Crippen LogP contribution in [0.4, 0.5) is 0 Å². The van der Waals surface area contributed by atoms with E-state index in [9.17, 15) is 4.79 Å². The van der Waals surface area contributed by atoms with Gasteiger partial charge in [-0.05, 0) is 25.7 Å². The largest absolute Gasteiger partial charge is 0.378 e. The van der Waals surface area contributed by atoms with E-state index >= 15 is 0 Å². The Labute approximate surface area is 140 Å². The molecule has 0 bridgehead atoms. The minimum absolute atomic E-state index is 0.0931. The molecule has 23 heavy (non-hydrogen) atoms. The van der Waals surface area contributed by atoms with Gasteiger partial charge in [-0.2, -0.15) is 9.61 Å². The van der Waals surface area contributed by atoms with Gasteiger partial charge in [-0.1, -0.05) is 25.2 Å². The van der Waals surface area contributed by atoms with Gasteiger partial charge in [0.2, 0.25) is 4.96 Å². The van der Waals surface area contributed by atoms with Gasteiger partial charge in [-0.15, -0.1) is 0 Å². The molecule has 0 radical (unpaired) electrons. The van der Waals surface area contributed by atoms with Crippen LogP contribution in [0.1, 0.15) is 37.4 Å². The predicted octanol–water partition coefficient (Wildman–Crippen LogP) is 2.10. The molecule has 0 aromatic carbocycles. The number of rotatable bonds is 5. The first-order valence-electron chi connectivity index (χ1n) is 8.21. The normalized spacial score (nSPS) is 17.4. The number of likely N-dealkylation sites (tertiary alicyclic amines) is 1. The highest BCUT2D eigenvalue weighted by molar-refractivity contribution is 7.16. The number of aryl methyl sites for hydroxylation is 1. The van der Waals surface area contributed by atoms with Crippen LogP contribution in [-0.2, 0) is 11.3 Å². The van der Waals surface area contributed by atoms with Crippen LogP contribution in [0.25, 0.3) is 4.96 Å². The van der Waals surface area contributed by atoms with Gasteiger partial charge in [-0.3, -0.25) is 9.69 Å². The molecule has 3 heterocycles. The molecule has 0 saturated carbocycles. The standard InChI is InChI=1S/C16H24N4O2S/c1-11(2)10-22-14-4-6-19(7-5-14)9-13-8-15(21)20-16(17-13)23-12(3)18-20/h8,11,14H,4-7,9-10H2,1-3H3. The molecular formula is C16H24N4O2S. The molecule has 126 valence electrons. The number of hydrogen-bond acceptors (Lipinski definition) is 6. The second-order valence-electron chi connectivity index (χ2n) is 6.60. The van der Waals surface area contributed by atoms with Gasteiger partial charge in [0.25, 0.3) is 5.56 Å². The smallest absolute Gasteiger partial charge is 0.275 e. The minimum atomic E-state index is -0.0931. The van der Waals surface area contributed by atoms with Crippen molar-refractivity contribution in [3.63, 3.8) is 0 Å². The van der Waals surface area contributed by atoms with Crippen molar-refractivity contribution in [2.75, 3.05) is 19.7 Å². The summed E-state index contributed by atoms with van der Waals surface area (Å²) in [7, 11) is 0. The van der Waals surface area contributed by atoms with Crippen molar-refractivity contribution in [2.24, 2.45) is 5.92 Å². The van der Waals surface area contributed by atoms with Crippen molar-refractivity contribution in [3.05, 3.63) is 27.1 Å². The number of nitrogens with zero attached hydrogens (tertiary/aromatic N) is 4. The Bertz CT molecular complexity index is 716. The molecule has 0 spiro atoms. The summed E-state index contributed by atoms with van der Waals surface area (Å²) in [6.45, 7) is 9.79. The highest BCUT2D eigenvalue weighted by atomic mass is 32.1. The van der Waals surface area contributed by atoms with Crippen LogP contribution in [0.15, 0.2) is 10.9 Å². The van der Waals surface area contributed by atoms with Crippen molar-refractivity contribution in [3.8, 4) is 0 Å². The SMILES string of the molecule is Cc1nn2c(=O)cc(CN3CCC(OCC(C)C)CC3)nc2s1. The molecule has 1 fully saturated rings. The topological polar surface area (TPSA) is 59.7 Å². The predicted molar refractivity (Wildman–Crippen MR) is 91.0 cm³/mol. The first-order chi connectivity index (χ1) is 11.0. The van der Waals surface area contributed by atoms with Crippen molar-refractivity contribution in [1.29, 1.82) is 0 Å². The summed E-state index contributed by atoms with van der Waals surface area (Å²) in [6.07, 6.45) is 2.47. The fraction of sp³-hybridized carbons (Fsp3) is 0.688. The van der Waals surface area contributed by atoms with Crippen LogP contribution in [0.3, 0.4) is 0 Å². The van der Waals surface area contributed by atoms with Crippen LogP contribution in [0.5, 0.6) is 0 Å². The van der Waals surface area contributed by atoms with Crippen LogP contribution in [0, 0.1) is 12.8 Å². The van der Waals surface area contributed by atoms with Crippen molar-refractivity contribution in [2.45, 2.75) is 46.3 Å². The lowest BCUT2D eigenvalue weighted by Crippen LogP contribution is -2.37. The van der Waals surface area contributed by atoms with Gasteiger partial charge in [0.1, 0.15) is 5.01 Å². The first-order valence-corrected chi connectivity index (χ1v) is 9.03. The lowest BCUT2D eigenvalue weighted by Gasteiger charge is -2.31. The minimum Gasteiger partial charge on any atom is -0.378 e. The molecule has 2 aromatic rings. The second-order valence-corrected chi connectivity index (χ2v) is 7.76. The maximum absolute atomic E-state index is 12.1. The van der Waals surface area contributed by atoms with Crippen LogP contribution in [-0.4, -0.2) is 45.3 Å². The maximum Gasteiger partial charge on any atom is 0.275 e. The Morgan fingerprint density at radius 3 is 2.83 bits per heavy atom. The molecule has 0 amide bonds. The van der Waals surface area contributed by atoms with Crippen molar-refractivity contribution in [1.82, 2.24) is 19.5 Å². The molecule has 7 heteroatoms. The molecule has 2 aromatic heterocycles. The Morgan fingerprint density at radius 2 is 2.13 bits per heavy atom.